The summed E-state index contributed by atoms with van der Waals surface area (Å²) >= 11 is 5.89. The van der Waals surface area contributed by atoms with Gasteiger partial charge in [0.2, 0.25) is 3.23 Å². The van der Waals surface area contributed by atoms with E-state index in [0.29, 0.717) is 0 Å². The average molecular weight is 342 g/mol. The number of imide groups is 2. The summed E-state index contributed by atoms with van der Waals surface area (Å²) in [7, 11) is 0. The molecule has 0 bridgehead atoms. The molecule has 1 aliphatic heterocycles. The van der Waals surface area contributed by atoms with E-state index in [9.17, 15) is 14.4 Å². The molecule has 15 heavy (non-hydrogen) atoms. The summed E-state index contributed by atoms with van der Waals surface area (Å²) in [6.45, 7) is 5.11. The summed E-state index contributed by atoms with van der Waals surface area (Å²) in [5, 5.41) is 2.09. The molecule has 0 atom stereocenters. The van der Waals surface area contributed by atoms with Crippen molar-refractivity contribution in [2.45, 2.75) is 29.5 Å². The fourth-order valence-corrected chi connectivity index (χ4v) is 1.72. The van der Waals surface area contributed by atoms with Gasteiger partial charge in [0.1, 0.15) is 0 Å². The van der Waals surface area contributed by atoms with Crippen molar-refractivity contribution in [3.63, 3.8) is 0 Å². The van der Waals surface area contributed by atoms with Crippen molar-refractivity contribution in [1.29, 1.82) is 0 Å². The molecule has 0 spiro atoms. The van der Waals surface area contributed by atoms with Crippen LogP contribution in [0.1, 0.15) is 20.8 Å². The molecule has 1 rings (SSSR count). The van der Waals surface area contributed by atoms with Gasteiger partial charge in [0.15, 0.2) is 0 Å². The minimum atomic E-state index is -1.55. The van der Waals surface area contributed by atoms with Crippen LogP contribution in [-0.2, 0) is 9.59 Å². The summed E-state index contributed by atoms with van der Waals surface area (Å²) in [5.41, 5.74) is -0.686. The Labute approximate surface area is 104 Å². The smallest absolute Gasteiger partial charge is 0.275 e. The molecule has 84 valence electrons. The molecule has 0 radical (unpaired) electrons. The van der Waals surface area contributed by atoms with Crippen LogP contribution in [0, 0.1) is 0 Å². The number of urea groups is 1. The lowest BCUT2D eigenvalue weighted by atomic mass is 10.0. The van der Waals surface area contributed by atoms with Gasteiger partial charge in [-0.3, -0.25) is 19.8 Å². The van der Waals surface area contributed by atoms with Crippen LogP contribution in [0.4, 0.5) is 4.79 Å². The summed E-state index contributed by atoms with van der Waals surface area (Å²) < 4.78 is -1.55. The van der Waals surface area contributed by atoms with Crippen molar-refractivity contribution in [2.24, 2.45) is 0 Å². The topological polar surface area (TPSA) is 66.5 Å². The van der Waals surface area contributed by atoms with Gasteiger partial charge in [0.05, 0.1) is 0 Å². The number of hydrogen-bond acceptors (Lipinski definition) is 3. The molecule has 0 unspecified atom stereocenters. The van der Waals surface area contributed by atoms with Gasteiger partial charge >= 0.3 is 6.03 Å². The van der Waals surface area contributed by atoms with Gasteiger partial charge in [0, 0.05) is 5.54 Å². The van der Waals surface area contributed by atoms with E-state index in [-0.39, 0.29) is 0 Å². The second-order valence-corrected chi connectivity index (χ2v) is 7.59. The number of hydrogen-bond donors (Lipinski definition) is 1. The average Bonchev–Trinajstić information content (AvgIpc) is 1.98. The first kappa shape index (κ1) is 12.6. The van der Waals surface area contributed by atoms with Crippen LogP contribution in [0.25, 0.3) is 0 Å². The highest BCUT2D eigenvalue weighted by Crippen LogP contribution is 2.34. The maximum atomic E-state index is 11.9. The monoisotopic (exact) mass is 340 g/mol. The van der Waals surface area contributed by atoms with E-state index in [2.05, 4.69) is 37.2 Å². The fraction of sp³-hybridized carbons (Fsp3) is 0.625. The third-order valence-corrected chi connectivity index (χ3v) is 3.25. The standard InChI is InChI=1S/C8H10Br2N2O3/c1-7(2,3)12-5(14)8(9,10)4(13)11-6(12)15/h1-3H3,(H,11,13,15). The van der Waals surface area contributed by atoms with Crippen LogP contribution in [0.2, 0.25) is 0 Å². The van der Waals surface area contributed by atoms with Crippen LogP contribution in [0.15, 0.2) is 0 Å². The normalized spacial score (nSPS) is 21.7. The lowest BCUT2D eigenvalue weighted by Gasteiger charge is -2.40. The zero-order chi connectivity index (χ0) is 12.0. The van der Waals surface area contributed by atoms with E-state index in [1.807, 2.05) is 0 Å². The number of carbonyl (C=O) groups excluding carboxylic acids is 3. The summed E-state index contributed by atoms with van der Waals surface area (Å²) in [6.07, 6.45) is 0. The number of nitrogens with zero attached hydrogens (tertiary/aromatic N) is 1. The van der Waals surface area contributed by atoms with Crippen molar-refractivity contribution in [3.8, 4) is 0 Å². The highest BCUT2D eigenvalue weighted by Gasteiger charge is 2.53. The second kappa shape index (κ2) is 3.55. The Balaban J connectivity index is 3.16. The Kier molecular flexibility index (Phi) is 2.99. The van der Waals surface area contributed by atoms with Gasteiger partial charge in [-0.05, 0) is 20.8 Å². The molecular weight excluding hydrogens is 332 g/mol. The Morgan fingerprint density at radius 2 is 1.67 bits per heavy atom. The third kappa shape index (κ3) is 2.08. The van der Waals surface area contributed by atoms with Crippen molar-refractivity contribution >= 4 is 49.7 Å². The molecule has 5 nitrogen and oxygen atoms in total. The summed E-state index contributed by atoms with van der Waals surface area (Å²) in [6, 6.07) is -0.702. The summed E-state index contributed by atoms with van der Waals surface area (Å²) in [4.78, 5) is 35.7. The SMILES string of the molecule is CC(C)(C)N1C(=O)NC(=O)C(Br)(Br)C1=O. The molecule has 0 aromatic rings. The van der Waals surface area contributed by atoms with Gasteiger partial charge in [-0.25, -0.2) is 4.79 Å². The zero-order valence-corrected chi connectivity index (χ0v) is 11.6. The molecule has 1 heterocycles. The van der Waals surface area contributed by atoms with Crippen LogP contribution >= 0.6 is 31.9 Å². The van der Waals surface area contributed by atoms with Crippen LogP contribution in [0.3, 0.4) is 0 Å². The van der Waals surface area contributed by atoms with Crippen LogP contribution < -0.4 is 5.32 Å². The van der Waals surface area contributed by atoms with E-state index < -0.39 is 26.6 Å². The first-order valence-electron chi connectivity index (χ1n) is 4.16. The van der Waals surface area contributed by atoms with E-state index in [0.717, 1.165) is 4.90 Å². The summed E-state index contributed by atoms with van der Waals surface area (Å²) in [5.74, 6) is -1.33. The highest BCUT2D eigenvalue weighted by molar-refractivity contribution is 9.26. The van der Waals surface area contributed by atoms with Gasteiger partial charge in [0.25, 0.3) is 11.8 Å². The van der Waals surface area contributed by atoms with E-state index in [4.69, 9.17) is 0 Å². The number of nitrogens with one attached hydrogen (secondary N) is 1. The van der Waals surface area contributed by atoms with E-state index in [1.165, 1.54) is 0 Å². The second-order valence-electron chi connectivity index (χ2n) is 4.15. The Hall–Kier alpha value is -0.430. The minimum absolute atomic E-state index is 0.622. The maximum absolute atomic E-state index is 11.9. The Bertz CT molecular complexity index is 346. The Morgan fingerprint density at radius 1 is 1.20 bits per heavy atom. The number of rotatable bonds is 0. The molecule has 0 aromatic carbocycles. The minimum Gasteiger partial charge on any atom is -0.275 e. The molecule has 0 saturated carbocycles. The van der Waals surface area contributed by atoms with Gasteiger partial charge in [-0.2, -0.15) is 0 Å². The van der Waals surface area contributed by atoms with E-state index >= 15 is 0 Å². The maximum Gasteiger partial charge on any atom is 0.331 e. The molecule has 0 aromatic heterocycles. The number of alkyl halides is 2. The predicted octanol–water partition coefficient (Wildman–Crippen LogP) is 1.35. The largest absolute Gasteiger partial charge is 0.331 e. The quantitative estimate of drug-likeness (QED) is 0.534. The molecular formula is C8H10Br2N2O3. The number of halogens is 2. The lowest BCUT2D eigenvalue weighted by Crippen LogP contribution is -2.67. The molecule has 4 amide bonds. The van der Waals surface area contributed by atoms with Gasteiger partial charge < -0.3 is 0 Å². The molecule has 7 heteroatoms. The van der Waals surface area contributed by atoms with Crippen molar-refractivity contribution in [2.75, 3.05) is 0 Å². The number of barbiturate groups is 1. The number of carbonyl (C=O) groups is 3. The van der Waals surface area contributed by atoms with Gasteiger partial charge in [-0.15, -0.1) is 0 Å². The van der Waals surface area contributed by atoms with Crippen molar-refractivity contribution < 1.29 is 14.4 Å². The molecule has 1 N–H and O–H groups in total. The number of amides is 4. The molecule has 1 aliphatic rings. The van der Waals surface area contributed by atoms with E-state index in [1.54, 1.807) is 20.8 Å². The zero-order valence-electron chi connectivity index (χ0n) is 8.43. The third-order valence-electron chi connectivity index (χ3n) is 1.85. The first-order valence-corrected chi connectivity index (χ1v) is 5.75. The first-order chi connectivity index (χ1) is 6.58. The molecule has 1 fully saturated rings. The molecule has 0 aliphatic carbocycles. The highest BCUT2D eigenvalue weighted by atomic mass is 79.9. The Morgan fingerprint density at radius 3 is 2.07 bits per heavy atom. The van der Waals surface area contributed by atoms with Crippen LogP contribution in [0.5, 0.6) is 0 Å². The fourth-order valence-electron chi connectivity index (χ4n) is 1.17. The van der Waals surface area contributed by atoms with Crippen LogP contribution in [-0.4, -0.2) is 31.5 Å². The van der Waals surface area contributed by atoms with Gasteiger partial charge in [-0.1, -0.05) is 31.9 Å². The lowest BCUT2D eigenvalue weighted by molar-refractivity contribution is -0.139. The van der Waals surface area contributed by atoms with Crippen molar-refractivity contribution in [1.82, 2.24) is 10.2 Å². The molecule has 1 saturated heterocycles. The predicted molar refractivity (Wildman–Crippen MR) is 60.7 cm³/mol. The van der Waals surface area contributed by atoms with Crippen molar-refractivity contribution in [3.05, 3.63) is 0 Å².